The molecule has 27 heavy (non-hydrogen) atoms. The van der Waals surface area contributed by atoms with Gasteiger partial charge in [-0.15, -0.1) is 0 Å². The van der Waals surface area contributed by atoms with Gasteiger partial charge in [-0.25, -0.2) is 5.48 Å². The van der Waals surface area contributed by atoms with Gasteiger partial charge in [0.05, 0.1) is 0 Å². The van der Waals surface area contributed by atoms with E-state index in [1.54, 1.807) is 18.2 Å². The molecule has 2 aromatic carbocycles. The molecule has 1 saturated carbocycles. The maximum Gasteiger partial charge on any atom is 0.267 e. The van der Waals surface area contributed by atoms with E-state index < -0.39 is 5.91 Å². The number of hydrogen-bond acceptors (Lipinski definition) is 3. The molecular formula is C21H19ClN2O3. The van der Waals surface area contributed by atoms with Crippen LogP contribution in [0.2, 0.25) is 5.02 Å². The predicted molar refractivity (Wildman–Crippen MR) is 106 cm³/mol. The Morgan fingerprint density at radius 2 is 1.78 bits per heavy atom. The van der Waals surface area contributed by atoms with Gasteiger partial charge < -0.3 is 5.32 Å². The summed E-state index contributed by atoms with van der Waals surface area (Å²) in [6, 6.07) is 14.8. The third kappa shape index (κ3) is 5.54. The van der Waals surface area contributed by atoms with Gasteiger partial charge in [-0.1, -0.05) is 48.0 Å². The highest BCUT2D eigenvalue weighted by Gasteiger charge is 2.25. The molecule has 0 aromatic heterocycles. The van der Waals surface area contributed by atoms with Gasteiger partial charge in [0.15, 0.2) is 0 Å². The molecule has 3 N–H and O–H groups in total. The fraction of sp³-hybridized carbons (Fsp3) is 0.143. The average molecular weight is 383 g/mol. The molecule has 0 saturated heterocycles. The van der Waals surface area contributed by atoms with Crippen LogP contribution in [0, 0.1) is 0 Å². The Hall–Kier alpha value is -2.89. The molecule has 0 radical (unpaired) electrons. The molecule has 3 rings (SSSR count). The monoisotopic (exact) mass is 382 g/mol. The molecule has 6 heteroatoms. The zero-order valence-electron chi connectivity index (χ0n) is 14.5. The minimum Gasteiger partial charge on any atom is -0.349 e. The van der Waals surface area contributed by atoms with Crippen LogP contribution in [0.3, 0.4) is 0 Å². The fourth-order valence-electron chi connectivity index (χ4n) is 2.51. The average Bonchev–Trinajstić information content (AvgIpc) is 3.49. The van der Waals surface area contributed by atoms with Crippen LogP contribution in [0.5, 0.6) is 0 Å². The molecule has 1 aliphatic carbocycles. The second kappa shape index (κ2) is 8.66. The van der Waals surface area contributed by atoms with Crippen molar-refractivity contribution in [2.24, 2.45) is 0 Å². The van der Waals surface area contributed by atoms with Gasteiger partial charge in [0.25, 0.3) is 11.8 Å². The van der Waals surface area contributed by atoms with E-state index in [1.807, 2.05) is 42.5 Å². The van der Waals surface area contributed by atoms with Gasteiger partial charge in [-0.2, -0.15) is 0 Å². The lowest BCUT2D eigenvalue weighted by molar-refractivity contribution is -0.124. The maximum absolute atomic E-state index is 12.7. The number of amides is 2. The Morgan fingerprint density at radius 3 is 2.41 bits per heavy atom. The summed E-state index contributed by atoms with van der Waals surface area (Å²) in [5.41, 5.74) is 4.48. The van der Waals surface area contributed by atoms with Crippen molar-refractivity contribution < 1.29 is 14.8 Å². The summed E-state index contributed by atoms with van der Waals surface area (Å²) in [5.74, 6) is -0.720. The van der Waals surface area contributed by atoms with E-state index in [9.17, 15) is 9.59 Å². The number of halogens is 1. The molecular weight excluding hydrogens is 364 g/mol. The van der Waals surface area contributed by atoms with Crippen LogP contribution in [-0.4, -0.2) is 23.1 Å². The first kappa shape index (κ1) is 18.9. The van der Waals surface area contributed by atoms with Crippen LogP contribution in [0.25, 0.3) is 17.7 Å². The van der Waals surface area contributed by atoms with Crippen LogP contribution < -0.4 is 10.8 Å². The molecule has 2 amide bonds. The number of rotatable bonds is 6. The van der Waals surface area contributed by atoms with Crippen LogP contribution in [0.1, 0.15) is 29.5 Å². The third-order valence-electron chi connectivity index (χ3n) is 4.08. The third-order valence-corrected chi connectivity index (χ3v) is 4.31. The Labute approximate surface area is 162 Å². The summed E-state index contributed by atoms with van der Waals surface area (Å²) in [7, 11) is 0. The molecule has 0 atom stereocenters. The Morgan fingerprint density at radius 1 is 1.07 bits per heavy atom. The first-order valence-corrected chi connectivity index (χ1v) is 8.93. The molecule has 2 aromatic rings. The Kier molecular flexibility index (Phi) is 6.06. The first-order valence-electron chi connectivity index (χ1n) is 8.56. The maximum atomic E-state index is 12.7. The van der Waals surface area contributed by atoms with E-state index in [1.165, 1.54) is 11.6 Å². The smallest absolute Gasteiger partial charge is 0.267 e. The lowest BCUT2D eigenvalue weighted by atomic mass is 10.0. The van der Waals surface area contributed by atoms with Crippen LogP contribution in [-0.2, 0) is 9.59 Å². The van der Waals surface area contributed by atoms with Crippen LogP contribution >= 0.6 is 11.6 Å². The molecule has 0 unspecified atom stereocenters. The van der Waals surface area contributed by atoms with Crippen molar-refractivity contribution in [1.82, 2.24) is 10.8 Å². The number of hydroxylamine groups is 1. The van der Waals surface area contributed by atoms with Crippen molar-refractivity contribution >= 4 is 41.1 Å². The summed E-state index contributed by atoms with van der Waals surface area (Å²) >= 11 is 6.09. The van der Waals surface area contributed by atoms with Crippen molar-refractivity contribution in [3.63, 3.8) is 0 Å². The highest BCUT2D eigenvalue weighted by molar-refractivity contribution is 6.31. The highest BCUT2D eigenvalue weighted by atomic mass is 35.5. The summed E-state index contributed by atoms with van der Waals surface area (Å²) in [5, 5.41) is 12.1. The number of hydrogen-bond donors (Lipinski definition) is 3. The lowest BCUT2D eigenvalue weighted by Crippen LogP contribution is -2.26. The van der Waals surface area contributed by atoms with Gasteiger partial charge in [0.1, 0.15) is 0 Å². The normalized spacial score (nSPS) is 14.2. The number of benzene rings is 2. The summed E-state index contributed by atoms with van der Waals surface area (Å²) in [4.78, 5) is 23.7. The van der Waals surface area contributed by atoms with Crippen LogP contribution in [0.4, 0.5) is 0 Å². The summed E-state index contributed by atoms with van der Waals surface area (Å²) in [6.07, 6.45) is 6.65. The highest BCUT2D eigenvalue weighted by Crippen LogP contribution is 2.25. The quantitative estimate of drug-likeness (QED) is 0.308. The lowest BCUT2D eigenvalue weighted by Gasteiger charge is -2.10. The molecule has 0 bridgehead atoms. The Bertz CT molecular complexity index is 900. The van der Waals surface area contributed by atoms with E-state index in [4.69, 9.17) is 16.8 Å². The van der Waals surface area contributed by atoms with Gasteiger partial charge in [0.2, 0.25) is 0 Å². The molecule has 138 valence electrons. The van der Waals surface area contributed by atoms with Gasteiger partial charge in [0, 0.05) is 22.7 Å². The minimum absolute atomic E-state index is 0.122. The van der Waals surface area contributed by atoms with E-state index in [0.717, 1.165) is 29.5 Å². The molecule has 5 nitrogen and oxygen atoms in total. The van der Waals surface area contributed by atoms with Crippen molar-refractivity contribution in [2.45, 2.75) is 18.9 Å². The zero-order chi connectivity index (χ0) is 19.2. The standard InChI is InChI=1S/C21H19ClN2O3/c22-17-3-1-2-16(13-17)19(21(26)23-18-9-10-18)12-15-6-4-14(5-7-15)8-11-20(25)24-27/h1-8,11-13,18,27H,9-10H2,(H,23,26)(H,24,25)/b11-8+,19-12-. The van der Waals surface area contributed by atoms with Crippen molar-refractivity contribution in [2.75, 3.05) is 0 Å². The molecule has 1 fully saturated rings. The van der Waals surface area contributed by atoms with Crippen LogP contribution in [0.15, 0.2) is 54.6 Å². The van der Waals surface area contributed by atoms with Crippen molar-refractivity contribution in [3.05, 3.63) is 76.3 Å². The first-order chi connectivity index (χ1) is 13.0. The number of carbonyl (C=O) groups excluding carboxylic acids is 2. The van der Waals surface area contributed by atoms with E-state index in [0.29, 0.717) is 10.6 Å². The molecule has 0 heterocycles. The fourth-order valence-corrected chi connectivity index (χ4v) is 2.70. The zero-order valence-corrected chi connectivity index (χ0v) is 15.2. The summed E-state index contributed by atoms with van der Waals surface area (Å²) in [6.45, 7) is 0. The van der Waals surface area contributed by atoms with Gasteiger partial charge in [-0.3, -0.25) is 14.8 Å². The second-order valence-electron chi connectivity index (χ2n) is 6.29. The van der Waals surface area contributed by atoms with E-state index >= 15 is 0 Å². The number of nitrogens with one attached hydrogen (secondary N) is 2. The van der Waals surface area contributed by atoms with E-state index in [-0.39, 0.29) is 11.9 Å². The second-order valence-corrected chi connectivity index (χ2v) is 6.73. The van der Waals surface area contributed by atoms with Crippen molar-refractivity contribution in [3.8, 4) is 0 Å². The van der Waals surface area contributed by atoms with E-state index in [2.05, 4.69) is 5.32 Å². The Balaban J connectivity index is 1.87. The molecule has 1 aliphatic rings. The topological polar surface area (TPSA) is 78.4 Å². The summed E-state index contributed by atoms with van der Waals surface area (Å²) < 4.78 is 0. The van der Waals surface area contributed by atoms with Crippen molar-refractivity contribution in [1.29, 1.82) is 0 Å². The number of carbonyl (C=O) groups is 2. The largest absolute Gasteiger partial charge is 0.349 e. The molecule has 0 aliphatic heterocycles. The van der Waals surface area contributed by atoms with Gasteiger partial charge in [-0.05, 0) is 53.8 Å². The minimum atomic E-state index is -0.598. The van der Waals surface area contributed by atoms with Gasteiger partial charge >= 0.3 is 0 Å². The SMILES string of the molecule is O=C(/C=C/c1ccc(/C=C(\C(=O)NC2CC2)c2cccc(Cl)c2)cc1)NO. The predicted octanol–water partition coefficient (Wildman–Crippen LogP) is 3.68. The molecule has 0 spiro atoms.